The molecule has 1 aromatic carbocycles. The molecule has 2 fully saturated rings. The van der Waals surface area contributed by atoms with Gasteiger partial charge in [0, 0.05) is 24.5 Å². The van der Waals surface area contributed by atoms with E-state index in [2.05, 4.69) is 30.0 Å². The largest absolute Gasteiger partial charge is 0.398 e. The van der Waals surface area contributed by atoms with Gasteiger partial charge < -0.3 is 10.6 Å². The molecule has 17 heavy (non-hydrogen) atoms. The van der Waals surface area contributed by atoms with Crippen molar-refractivity contribution in [2.75, 3.05) is 23.7 Å². The SMILES string of the molecule is Cc1ccc(N2CC3CCCC(C3)C2)cc1N. The number of hydrogen-bond acceptors (Lipinski definition) is 2. The van der Waals surface area contributed by atoms with E-state index in [4.69, 9.17) is 5.73 Å². The molecule has 1 aliphatic carbocycles. The first-order valence-corrected chi connectivity index (χ1v) is 6.83. The molecule has 3 rings (SSSR count). The molecule has 1 saturated heterocycles. The number of anilines is 2. The van der Waals surface area contributed by atoms with Gasteiger partial charge in [0.2, 0.25) is 0 Å². The van der Waals surface area contributed by atoms with Gasteiger partial charge >= 0.3 is 0 Å². The second-order valence-corrected chi connectivity index (χ2v) is 5.84. The number of benzene rings is 1. The third-order valence-electron chi connectivity index (χ3n) is 4.48. The van der Waals surface area contributed by atoms with Crippen molar-refractivity contribution < 1.29 is 0 Å². The van der Waals surface area contributed by atoms with Crippen LogP contribution in [0.25, 0.3) is 0 Å². The zero-order valence-corrected chi connectivity index (χ0v) is 10.7. The Bertz CT molecular complexity index is 401. The standard InChI is InChI=1S/C15H22N2/c1-11-5-6-14(8-15(11)16)17-9-12-3-2-4-13(7-12)10-17/h5-6,8,12-13H,2-4,7,9-10,16H2,1H3. The Morgan fingerprint density at radius 1 is 1.18 bits per heavy atom. The minimum atomic E-state index is 0.921. The van der Waals surface area contributed by atoms with Gasteiger partial charge in [0.25, 0.3) is 0 Å². The second-order valence-electron chi connectivity index (χ2n) is 5.84. The number of hydrogen-bond donors (Lipinski definition) is 1. The van der Waals surface area contributed by atoms with Crippen LogP contribution in [0.1, 0.15) is 31.2 Å². The molecule has 2 N–H and O–H groups in total. The maximum absolute atomic E-state index is 6.02. The minimum Gasteiger partial charge on any atom is -0.398 e. The summed E-state index contributed by atoms with van der Waals surface area (Å²) in [5.41, 5.74) is 9.46. The van der Waals surface area contributed by atoms with E-state index in [1.165, 1.54) is 50.0 Å². The van der Waals surface area contributed by atoms with E-state index in [0.717, 1.165) is 17.5 Å². The van der Waals surface area contributed by atoms with Gasteiger partial charge in [-0.2, -0.15) is 0 Å². The highest BCUT2D eigenvalue weighted by Gasteiger charge is 2.30. The Morgan fingerprint density at radius 2 is 1.88 bits per heavy atom. The number of aryl methyl sites for hydroxylation is 1. The molecule has 1 heterocycles. The highest BCUT2D eigenvalue weighted by atomic mass is 15.1. The molecule has 1 saturated carbocycles. The summed E-state index contributed by atoms with van der Waals surface area (Å²) in [5, 5.41) is 0. The van der Waals surface area contributed by atoms with Gasteiger partial charge in [0.15, 0.2) is 0 Å². The fourth-order valence-corrected chi connectivity index (χ4v) is 3.47. The zero-order chi connectivity index (χ0) is 11.8. The van der Waals surface area contributed by atoms with Gasteiger partial charge in [-0.15, -0.1) is 0 Å². The second kappa shape index (κ2) is 4.25. The molecule has 1 aliphatic heterocycles. The van der Waals surface area contributed by atoms with Crippen LogP contribution in [0.4, 0.5) is 11.4 Å². The molecule has 1 aromatic rings. The van der Waals surface area contributed by atoms with Crippen molar-refractivity contribution in [1.29, 1.82) is 0 Å². The fraction of sp³-hybridized carbons (Fsp3) is 0.600. The lowest BCUT2D eigenvalue weighted by molar-refractivity contribution is 0.231. The summed E-state index contributed by atoms with van der Waals surface area (Å²) in [6.45, 7) is 4.54. The average molecular weight is 230 g/mol. The normalized spacial score (nSPS) is 28.2. The van der Waals surface area contributed by atoms with E-state index in [1.807, 2.05) is 0 Å². The van der Waals surface area contributed by atoms with Crippen molar-refractivity contribution in [2.45, 2.75) is 32.6 Å². The van der Waals surface area contributed by atoms with Crippen LogP contribution in [0, 0.1) is 18.8 Å². The van der Waals surface area contributed by atoms with Crippen LogP contribution in [0.15, 0.2) is 18.2 Å². The number of nitrogens with two attached hydrogens (primary N) is 1. The summed E-state index contributed by atoms with van der Waals surface area (Å²) in [6.07, 6.45) is 5.75. The Hall–Kier alpha value is -1.18. The summed E-state index contributed by atoms with van der Waals surface area (Å²) in [7, 11) is 0. The van der Waals surface area contributed by atoms with Gasteiger partial charge in [0.05, 0.1) is 0 Å². The number of piperidine rings is 1. The molecule has 92 valence electrons. The number of rotatable bonds is 1. The van der Waals surface area contributed by atoms with Crippen LogP contribution in [0.2, 0.25) is 0 Å². The van der Waals surface area contributed by atoms with Crippen LogP contribution >= 0.6 is 0 Å². The lowest BCUT2D eigenvalue weighted by Gasteiger charge is -2.42. The molecule has 2 unspecified atom stereocenters. The van der Waals surface area contributed by atoms with Crippen molar-refractivity contribution in [3.63, 3.8) is 0 Å². The maximum atomic E-state index is 6.02. The van der Waals surface area contributed by atoms with Crippen molar-refractivity contribution in [3.05, 3.63) is 23.8 Å². The molecule has 2 atom stereocenters. The molecule has 0 spiro atoms. The maximum Gasteiger partial charge on any atom is 0.0387 e. The third kappa shape index (κ3) is 2.13. The Kier molecular flexibility index (Phi) is 2.73. The predicted molar refractivity (Wildman–Crippen MR) is 73.3 cm³/mol. The van der Waals surface area contributed by atoms with E-state index >= 15 is 0 Å². The molecule has 0 aromatic heterocycles. The van der Waals surface area contributed by atoms with E-state index in [0.29, 0.717) is 0 Å². The first-order chi connectivity index (χ1) is 8.22. The summed E-state index contributed by atoms with van der Waals surface area (Å²) in [5.74, 6) is 1.84. The topological polar surface area (TPSA) is 29.3 Å². The predicted octanol–water partition coefficient (Wildman–Crippen LogP) is 3.20. The van der Waals surface area contributed by atoms with E-state index in [1.54, 1.807) is 0 Å². The van der Waals surface area contributed by atoms with E-state index in [9.17, 15) is 0 Å². The van der Waals surface area contributed by atoms with Gasteiger partial charge in [0.1, 0.15) is 0 Å². The molecule has 2 nitrogen and oxygen atoms in total. The lowest BCUT2D eigenvalue weighted by atomic mass is 9.78. The first kappa shape index (κ1) is 10.9. The molecule has 0 amide bonds. The first-order valence-electron chi connectivity index (χ1n) is 6.83. The summed E-state index contributed by atoms with van der Waals surface area (Å²) in [4.78, 5) is 2.55. The third-order valence-corrected chi connectivity index (χ3v) is 4.48. The van der Waals surface area contributed by atoms with Crippen molar-refractivity contribution in [2.24, 2.45) is 11.8 Å². The Morgan fingerprint density at radius 3 is 2.53 bits per heavy atom. The molecule has 2 heteroatoms. The Balaban J connectivity index is 1.81. The van der Waals surface area contributed by atoms with Crippen molar-refractivity contribution in [1.82, 2.24) is 0 Å². The summed E-state index contributed by atoms with van der Waals surface area (Å²) in [6, 6.07) is 6.53. The van der Waals surface area contributed by atoms with E-state index in [-0.39, 0.29) is 0 Å². The summed E-state index contributed by atoms with van der Waals surface area (Å²) < 4.78 is 0. The number of nitrogen functional groups attached to an aromatic ring is 1. The number of nitrogens with zero attached hydrogens (tertiary/aromatic N) is 1. The van der Waals surface area contributed by atoms with Gasteiger partial charge in [-0.1, -0.05) is 12.5 Å². The monoisotopic (exact) mass is 230 g/mol. The van der Waals surface area contributed by atoms with Crippen LogP contribution in [-0.2, 0) is 0 Å². The van der Waals surface area contributed by atoms with Crippen LogP contribution in [-0.4, -0.2) is 13.1 Å². The van der Waals surface area contributed by atoms with Crippen molar-refractivity contribution in [3.8, 4) is 0 Å². The quantitative estimate of drug-likeness (QED) is 0.751. The fourth-order valence-electron chi connectivity index (χ4n) is 3.47. The van der Waals surface area contributed by atoms with E-state index < -0.39 is 0 Å². The number of fused-ring (bicyclic) bond motifs is 2. The minimum absolute atomic E-state index is 0.921. The lowest BCUT2D eigenvalue weighted by Crippen LogP contribution is -2.42. The zero-order valence-electron chi connectivity index (χ0n) is 10.7. The smallest absolute Gasteiger partial charge is 0.0387 e. The Labute approximate surface area is 104 Å². The molecule has 2 bridgehead atoms. The van der Waals surface area contributed by atoms with Crippen LogP contribution in [0.5, 0.6) is 0 Å². The molecule has 2 aliphatic rings. The van der Waals surface area contributed by atoms with Crippen molar-refractivity contribution >= 4 is 11.4 Å². The molecular weight excluding hydrogens is 208 g/mol. The van der Waals surface area contributed by atoms with Gasteiger partial charge in [-0.25, -0.2) is 0 Å². The van der Waals surface area contributed by atoms with Crippen LogP contribution in [0.3, 0.4) is 0 Å². The highest BCUT2D eigenvalue weighted by Crippen LogP contribution is 2.36. The average Bonchev–Trinajstić information content (AvgIpc) is 2.32. The van der Waals surface area contributed by atoms with Crippen LogP contribution < -0.4 is 10.6 Å². The van der Waals surface area contributed by atoms with Gasteiger partial charge in [-0.3, -0.25) is 0 Å². The summed E-state index contributed by atoms with van der Waals surface area (Å²) >= 11 is 0. The van der Waals surface area contributed by atoms with Gasteiger partial charge in [-0.05, 0) is 55.7 Å². The highest BCUT2D eigenvalue weighted by molar-refractivity contribution is 5.60. The molecule has 0 radical (unpaired) electrons. The molecular formula is C15H22N2.